The van der Waals surface area contributed by atoms with Gasteiger partial charge in [0.1, 0.15) is 0 Å². The Morgan fingerprint density at radius 1 is 1.35 bits per heavy atom. The summed E-state index contributed by atoms with van der Waals surface area (Å²) in [5.41, 5.74) is 5.84. The second kappa shape index (κ2) is 6.23. The number of nitrogen functional groups attached to an aromatic ring is 1. The van der Waals surface area contributed by atoms with Gasteiger partial charge in [0.05, 0.1) is 15.6 Å². The summed E-state index contributed by atoms with van der Waals surface area (Å²) in [5.74, 6) is 0. The molecule has 0 aliphatic heterocycles. The zero-order chi connectivity index (χ0) is 12.9. The molecule has 17 heavy (non-hydrogen) atoms. The number of nitrogens with two attached hydrogens (primary N) is 1. The SMILES string of the molecule is CCCCCNS(=O)(=O)c1ccc(Cl)c(N)c1. The fourth-order valence-corrected chi connectivity index (χ4v) is 2.58. The molecule has 1 rings (SSSR count). The quantitative estimate of drug-likeness (QED) is 0.619. The van der Waals surface area contributed by atoms with Crippen molar-refractivity contribution in [3.05, 3.63) is 23.2 Å². The van der Waals surface area contributed by atoms with Gasteiger partial charge in [-0.05, 0) is 24.6 Å². The van der Waals surface area contributed by atoms with E-state index in [1.807, 2.05) is 0 Å². The van der Waals surface area contributed by atoms with Crippen LogP contribution in [0.25, 0.3) is 0 Å². The molecule has 96 valence electrons. The fourth-order valence-electron chi connectivity index (χ4n) is 1.35. The van der Waals surface area contributed by atoms with E-state index in [0.717, 1.165) is 19.3 Å². The van der Waals surface area contributed by atoms with E-state index in [2.05, 4.69) is 11.6 Å². The highest BCUT2D eigenvalue weighted by Crippen LogP contribution is 2.21. The largest absolute Gasteiger partial charge is 0.397 e. The van der Waals surface area contributed by atoms with Gasteiger partial charge in [0.2, 0.25) is 10.0 Å². The Balaban J connectivity index is 2.72. The Morgan fingerprint density at radius 2 is 2.06 bits per heavy atom. The molecule has 0 saturated heterocycles. The molecule has 3 N–H and O–H groups in total. The van der Waals surface area contributed by atoms with E-state index in [9.17, 15) is 8.42 Å². The molecule has 0 radical (unpaired) electrons. The van der Waals surface area contributed by atoms with Gasteiger partial charge in [-0.3, -0.25) is 0 Å². The van der Waals surface area contributed by atoms with Crippen molar-refractivity contribution in [1.29, 1.82) is 0 Å². The van der Waals surface area contributed by atoms with Crippen molar-refractivity contribution >= 4 is 27.3 Å². The molecule has 4 nitrogen and oxygen atoms in total. The number of hydrogen-bond acceptors (Lipinski definition) is 3. The van der Waals surface area contributed by atoms with Gasteiger partial charge in [-0.2, -0.15) is 0 Å². The average molecular weight is 277 g/mol. The van der Waals surface area contributed by atoms with Crippen LogP contribution in [0.1, 0.15) is 26.2 Å². The highest BCUT2D eigenvalue weighted by molar-refractivity contribution is 7.89. The molecule has 1 aromatic carbocycles. The summed E-state index contributed by atoms with van der Waals surface area (Å²) < 4.78 is 26.2. The summed E-state index contributed by atoms with van der Waals surface area (Å²) in [6.07, 6.45) is 2.89. The van der Waals surface area contributed by atoms with E-state index in [1.54, 1.807) is 0 Å². The first-order chi connectivity index (χ1) is 7.97. The number of anilines is 1. The van der Waals surface area contributed by atoms with Crippen LogP contribution >= 0.6 is 11.6 Å². The molecule has 0 aliphatic carbocycles. The summed E-state index contributed by atoms with van der Waals surface area (Å²) in [6, 6.07) is 4.29. The van der Waals surface area contributed by atoms with Gasteiger partial charge in [-0.15, -0.1) is 0 Å². The molecule has 0 atom stereocenters. The Hall–Kier alpha value is -0.780. The first-order valence-electron chi connectivity index (χ1n) is 5.52. The third-order valence-corrected chi connectivity index (χ3v) is 4.15. The maximum absolute atomic E-state index is 11.8. The van der Waals surface area contributed by atoms with Crippen LogP contribution in [-0.2, 0) is 10.0 Å². The van der Waals surface area contributed by atoms with Gasteiger partial charge in [0, 0.05) is 6.54 Å². The molecule has 1 aromatic rings. The van der Waals surface area contributed by atoms with Crippen molar-refractivity contribution in [2.45, 2.75) is 31.1 Å². The average Bonchev–Trinajstić information content (AvgIpc) is 2.28. The standard InChI is InChI=1S/C11H17ClN2O2S/c1-2-3-4-7-14-17(15,16)9-5-6-10(12)11(13)8-9/h5-6,8,14H,2-4,7,13H2,1H3. The van der Waals surface area contributed by atoms with Gasteiger partial charge >= 0.3 is 0 Å². The van der Waals surface area contributed by atoms with Crippen LogP contribution in [0.3, 0.4) is 0 Å². The second-order valence-corrected chi connectivity index (χ2v) is 5.96. The zero-order valence-corrected chi connectivity index (χ0v) is 11.3. The van der Waals surface area contributed by atoms with Crippen molar-refractivity contribution in [1.82, 2.24) is 4.72 Å². The van der Waals surface area contributed by atoms with E-state index in [-0.39, 0.29) is 10.6 Å². The van der Waals surface area contributed by atoms with Gasteiger partial charge in [-0.1, -0.05) is 31.4 Å². The maximum atomic E-state index is 11.8. The molecule has 0 aliphatic rings. The first kappa shape index (κ1) is 14.3. The monoisotopic (exact) mass is 276 g/mol. The third kappa shape index (κ3) is 4.18. The molecule has 0 fully saturated rings. The van der Waals surface area contributed by atoms with Crippen LogP contribution in [0.4, 0.5) is 5.69 Å². The number of rotatable bonds is 6. The van der Waals surface area contributed by atoms with Crippen LogP contribution in [0.2, 0.25) is 5.02 Å². The molecule has 0 unspecified atom stereocenters. The first-order valence-corrected chi connectivity index (χ1v) is 7.38. The molecule has 0 heterocycles. The van der Waals surface area contributed by atoms with Crippen LogP contribution < -0.4 is 10.5 Å². The Labute approximate surface area is 107 Å². The van der Waals surface area contributed by atoms with Crippen molar-refractivity contribution in [3.8, 4) is 0 Å². The summed E-state index contributed by atoms with van der Waals surface area (Å²) in [7, 11) is -3.47. The predicted molar refractivity (Wildman–Crippen MR) is 70.6 cm³/mol. The molecule has 0 bridgehead atoms. The Morgan fingerprint density at radius 3 is 2.65 bits per heavy atom. The lowest BCUT2D eigenvalue weighted by Gasteiger charge is -2.07. The molecule has 0 aromatic heterocycles. The summed E-state index contributed by atoms with van der Waals surface area (Å²) in [6.45, 7) is 2.51. The summed E-state index contributed by atoms with van der Waals surface area (Å²) in [4.78, 5) is 0.149. The minimum Gasteiger partial charge on any atom is -0.397 e. The molecular weight excluding hydrogens is 260 g/mol. The van der Waals surface area contributed by atoms with Crippen LogP contribution in [0.5, 0.6) is 0 Å². The lowest BCUT2D eigenvalue weighted by atomic mass is 10.3. The topological polar surface area (TPSA) is 72.2 Å². The minimum atomic E-state index is -3.47. The highest BCUT2D eigenvalue weighted by Gasteiger charge is 2.14. The molecule has 0 spiro atoms. The van der Waals surface area contributed by atoms with Crippen molar-refractivity contribution in [3.63, 3.8) is 0 Å². The van der Waals surface area contributed by atoms with Gasteiger partial charge < -0.3 is 5.73 Å². The lowest BCUT2D eigenvalue weighted by molar-refractivity contribution is 0.576. The highest BCUT2D eigenvalue weighted by atomic mass is 35.5. The van der Waals surface area contributed by atoms with E-state index >= 15 is 0 Å². The van der Waals surface area contributed by atoms with Crippen LogP contribution in [-0.4, -0.2) is 15.0 Å². The molecule has 0 saturated carbocycles. The van der Waals surface area contributed by atoms with Crippen molar-refractivity contribution in [2.24, 2.45) is 0 Å². The fraction of sp³-hybridized carbons (Fsp3) is 0.455. The van der Waals surface area contributed by atoms with Gasteiger partial charge in [0.15, 0.2) is 0 Å². The van der Waals surface area contributed by atoms with Crippen molar-refractivity contribution in [2.75, 3.05) is 12.3 Å². The van der Waals surface area contributed by atoms with Crippen LogP contribution in [0.15, 0.2) is 23.1 Å². The second-order valence-electron chi connectivity index (χ2n) is 3.79. The summed E-state index contributed by atoms with van der Waals surface area (Å²) in [5, 5.41) is 0.356. The van der Waals surface area contributed by atoms with Crippen LogP contribution in [0, 0.1) is 0 Å². The van der Waals surface area contributed by atoms with Crippen molar-refractivity contribution < 1.29 is 8.42 Å². The number of halogens is 1. The minimum absolute atomic E-state index is 0.149. The number of benzene rings is 1. The Bertz CT molecular complexity index is 474. The van der Waals surface area contributed by atoms with E-state index < -0.39 is 10.0 Å². The maximum Gasteiger partial charge on any atom is 0.240 e. The molecular formula is C11H17ClN2O2S. The molecule has 0 amide bonds. The van der Waals surface area contributed by atoms with E-state index in [0.29, 0.717) is 11.6 Å². The van der Waals surface area contributed by atoms with Gasteiger partial charge in [-0.25, -0.2) is 13.1 Å². The Kier molecular flexibility index (Phi) is 5.24. The number of unbranched alkanes of at least 4 members (excludes halogenated alkanes) is 2. The normalized spacial score (nSPS) is 11.6. The van der Waals surface area contributed by atoms with E-state index in [1.165, 1.54) is 18.2 Å². The molecule has 6 heteroatoms. The number of hydrogen-bond donors (Lipinski definition) is 2. The predicted octanol–water partition coefficient (Wildman–Crippen LogP) is 2.39. The summed E-state index contributed by atoms with van der Waals surface area (Å²) >= 11 is 5.74. The van der Waals surface area contributed by atoms with E-state index in [4.69, 9.17) is 17.3 Å². The zero-order valence-electron chi connectivity index (χ0n) is 9.74. The number of nitrogens with one attached hydrogen (secondary N) is 1. The lowest BCUT2D eigenvalue weighted by Crippen LogP contribution is -2.24. The number of sulfonamides is 1. The van der Waals surface area contributed by atoms with Gasteiger partial charge in [0.25, 0.3) is 0 Å². The third-order valence-electron chi connectivity index (χ3n) is 2.35. The smallest absolute Gasteiger partial charge is 0.240 e.